The molecule has 2 aromatic carbocycles. The zero-order valence-electron chi connectivity index (χ0n) is 12.5. The van der Waals surface area contributed by atoms with Crippen LogP contribution in [0.2, 0.25) is 0 Å². The molecule has 0 aliphatic carbocycles. The van der Waals surface area contributed by atoms with Crippen molar-refractivity contribution in [3.63, 3.8) is 0 Å². The summed E-state index contributed by atoms with van der Waals surface area (Å²) in [7, 11) is 0. The molecule has 4 nitrogen and oxygen atoms in total. The number of carboxylic acids is 1. The molecular formula is C18H19NO3. The van der Waals surface area contributed by atoms with Crippen molar-refractivity contribution in [1.82, 2.24) is 5.32 Å². The molecular weight excluding hydrogens is 278 g/mol. The zero-order chi connectivity index (χ0) is 16.0. The summed E-state index contributed by atoms with van der Waals surface area (Å²) in [5.41, 5.74) is 0.0172. The fraction of sp³-hybridized carbons (Fsp3) is 0.222. The first-order chi connectivity index (χ1) is 10.6. The lowest BCUT2D eigenvalue weighted by Crippen LogP contribution is -2.55. The van der Waals surface area contributed by atoms with Crippen LogP contribution in [0.15, 0.2) is 60.7 Å². The molecule has 114 valence electrons. The summed E-state index contributed by atoms with van der Waals surface area (Å²) in [6, 6.07) is 18.0. The van der Waals surface area contributed by atoms with Gasteiger partial charge in [-0.1, -0.05) is 55.5 Å². The Bertz CT molecular complexity index is 640. The Balaban J connectivity index is 2.26. The van der Waals surface area contributed by atoms with Crippen LogP contribution in [0, 0.1) is 0 Å². The number of carboxylic acid groups (broad SMARTS) is 1. The lowest BCUT2D eigenvalue weighted by molar-refractivity contribution is -0.144. The standard InChI is InChI=1S/C18H19NO3/c1-2-18(17(21)22,13-14-9-5-3-6-10-14)19-16(20)15-11-7-4-8-12-15/h3-12H,2,13H2,1H3,(H,19,20)(H,21,22)/t18-/m0/s1. The number of amides is 1. The molecule has 0 saturated heterocycles. The van der Waals surface area contributed by atoms with Gasteiger partial charge in [-0.05, 0) is 24.1 Å². The molecule has 0 fully saturated rings. The van der Waals surface area contributed by atoms with Gasteiger partial charge in [0.1, 0.15) is 5.54 Å². The molecule has 2 aromatic rings. The van der Waals surface area contributed by atoms with E-state index in [1.165, 1.54) is 0 Å². The molecule has 2 rings (SSSR count). The second kappa shape index (κ2) is 6.89. The van der Waals surface area contributed by atoms with E-state index < -0.39 is 11.5 Å². The number of aliphatic carboxylic acids is 1. The van der Waals surface area contributed by atoms with E-state index in [-0.39, 0.29) is 12.3 Å². The summed E-state index contributed by atoms with van der Waals surface area (Å²) >= 11 is 0. The van der Waals surface area contributed by atoms with Gasteiger partial charge in [0.2, 0.25) is 0 Å². The van der Waals surface area contributed by atoms with Crippen molar-refractivity contribution in [3.8, 4) is 0 Å². The Labute approximate surface area is 129 Å². The third-order valence-corrected chi connectivity index (χ3v) is 3.75. The van der Waals surface area contributed by atoms with Gasteiger partial charge >= 0.3 is 5.97 Å². The SMILES string of the molecule is CC[C@@](Cc1ccccc1)(NC(=O)c1ccccc1)C(=O)O. The largest absolute Gasteiger partial charge is 0.479 e. The van der Waals surface area contributed by atoms with Gasteiger partial charge < -0.3 is 10.4 Å². The molecule has 22 heavy (non-hydrogen) atoms. The lowest BCUT2D eigenvalue weighted by atomic mass is 9.87. The predicted octanol–water partition coefficient (Wildman–Crippen LogP) is 2.89. The lowest BCUT2D eigenvalue weighted by Gasteiger charge is -2.29. The molecule has 0 aliphatic rings. The van der Waals surface area contributed by atoms with Crippen molar-refractivity contribution in [3.05, 3.63) is 71.8 Å². The minimum Gasteiger partial charge on any atom is -0.479 e. The van der Waals surface area contributed by atoms with Gasteiger partial charge in [-0.3, -0.25) is 4.79 Å². The van der Waals surface area contributed by atoms with Gasteiger partial charge in [-0.25, -0.2) is 4.79 Å². The number of hydrogen-bond acceptors (Lipinski definition) is 2. The number of nitrogens with one attached hydrogen (secondary N) is 1. The minimum atomic E-state index is -1.31. The van der Waals surface area contributed by atoms with E-state index in [0.29, 0.717) is 12.0 Å². The monoisotopic (exact) mass is 297 g/mol. The Morgan fingerprint density at radius 2 is 1.55 bits per heavy atom. The van der Waals surface area contributed by atoms with Crippen LogP contribution in [0.3, 0.4) is 0 Å². The van der Waals surface area contributed by atoms with Crippen LogP contribution in [0.5, 0.6) is 0 Å². The first-order valence-corrected chi connectivity index (χ1v) is 7.22. The first-order valence-electron chi connectivity index (χ1n) is 7.22. The van der Waals surface area contributed by atoms with Crippen LogP contribution in [-0.2, 0) is 11.2 Å². The number of rotatable bonds is 6. The van der Waals surface area contributed by atoms with E-state index in [4.69, 9.17) is 0 Å². The highest BCUT2D eigenvalue weighted by Gasteiger charge is 2.38. The highest BCUT2D eigenvalue weighted by molar-refractivity contribution is 5.97. The van der Waals surface area contributed by atoms with Crippen molar-refractivity contribution in [2.24, 2.45) is 0 Å². The molecule has 0 heterocycles. The van der Waals surface area contributed by atoms with Gasteiger partial charge in [-0.15, -0.1) is 0 Å². The Morgan fingerprint density at radius 3 is 2.05 bits per heavy atom. The number of carbonyl (C=O) groups is 2. The van der Waals surface area contributed by atoms with Crippen LogP contribution in [-0.4, -0.2) is 22.5 Å². The third-order valence-electron chi connectivity index (χ3n) is 3.75. The maximum Gasteiger partial charge on any atom is 0.329 e. The summed E-state index contributed by atoms with van der Waals surface area (Å²) in [6.07, 6.45) is 0.550. The van der Waals surface area contributed by atoms with Gasteiger partial charge in [0.25, 0.3) is 5.91 Å². The summed E-state index contributed by atoms with van der Waals surface area (Å²) in [5, 5.41) is 12.4. The van der Waals surface area contributed by atoms with Gasteiger partial charge in [0.05, 0.1) is 0 Å². The van der Waals surface area contributed by atoms with Gasteiger partial charge in [-0.2, -0.15) is 0 Å². The Hall–Kier alpha value is -2.62. The second-order valence-corrected chi connectivity index (χ2v) is 5.22. The van der Waals surface area contributed by atoms with Gasteiger partial charge in [0, 0.05) is 12.0 Å². The predicted molar refractivity (Wildman–Crippen MR) is 84.7 cm³/mol. The number of benzene rings is 2. The van der Waals surface area contributed by atoms with Crippen LogP contribution >= 0.6 is 0 Å². The number of hydrogen-bond donors (Lipinski definition) is 2. The fourth-order valence-corrected chi connectivity index (χ4v) is 2.36. The van der Waals surface area contributed by atoms with Crippen molar-refractivity contribution >= 4 is 11.9 Å². The fourth-order valence-electron chi connectivity index (χ4n) is 2.36. The summed E-state index contributed by atoms with van der Waals surface area (Å²) in [4.78, 5) is 24.1. The Morgan fingerprint density at radius 1 is 1.00 bits per heavy atom. The van der Waals surface area contributed by atoms with Crippen LogP contribution in [0.1, 0.15) is 29.3 Å². The zero-order valence-corrected chi connectivity index (χ0v) is 12.5. The molecule has 1 amide bonds. The van der Waals surface area contributed by atoms with Gasteiger partial charge in [0.15, 0.2) is 0 Å². The Kier molecular flexibility index (Phi) is 4.94. The summed E-state index contributed by atoms with van der Waals surface area (Å²) in [6.45, 7) is 1.77. The average molecular weight is 297 g/mol. The highest BCUT2D eigenvalue weighted by atomic mass is 16.4. The third kappa shape index (κ3) is 3.52. The van der Waals surface area contributed by atoms with Crippen molar-refractivity contribution in [2.45, 2.75) is 25.3 Å². The van der Waals surface area contributed by atoms with Crippen molar-refractivity contribution < 1.29 is 14.7 Å². The van der Waals surface area contributed by atoms with E-state index >= 15 is 0 Å². The van der Waals surface area contributed by atoms with Crippen molar-refractivity contribution in [2.75, 3.05) is 0 Å². The van der Waals surface area contributed by atoms with Crippen molar-refractivity contribution in [1.29, 1.82) is 0 Å². The van der Waals surface area contributed by atoms with E-state index in [9.17, 15) is 14.7 Å². The van der Waals surface area contributed by atoms with E-state index in [0.717, 1.165) is 5.56 Å². The molecule has 0 unspecified atom stereocenters. The van der Waals surface area contributed by atoms with E-state index in [1.54, 1.807) is 31.2 Å². The molecule has 4 heteroatoms. The molecule has 0 aliphatic heterocycles. The molecule has 0 saturated carbocycles. The molecule has 0 aromatic heterocycles. The highest BCUT2D eigenvalue weighted by Crippen LogP contribution is 2.19. The molecule has 0 radical (unpaired) electrons. The topological polar surface area (TPSA) is 66.4 Å². The quantitative estimate of drug-likeness (QED) is 0.861. The molecule has 2 N–H and O–H groups in total. The number of carbonyl (C=O) groups excluding carboxylic acids is 1. The maximum atomic E-state index is 12.3. The van der Waals surface area contributed by atoms with Crippen LogP contribution < -0.4 is 5.32 Å². The maximum absolute atomic E-state index is 12.3. The molecule has 0 bridgehead atoms. The van der Waals surface area contributed by atoms with Crippen LogP contribution in [0.25, 0.3) is 0 Å². The summed E-state index contributed by atoms with van der Waals surface area (Å²) in [5.74, 6) is -1.40. The normalized spacial score (nSPS) is 13.1. The van der Waals surface area contributed by atoms with Crippen LogP contribution in [0.4, 0.5) is 0 Å². The van der Waals surface area contributed by atoms with E-state index in [1.807, 2.05) is 36.4 Å². The molecule has 1 atom stereocenters. The minimum absolute atomic E-state index is 0.248. The summed E-state index contributed by atoms with van der Waals surface area (Å²) < 4.78 is 0. The second-order valence-electron chi connectivity index (χ2n) is 5.22. The van der Waals surface area contributed by atoms with E-state index in [2.05, 4.69) is 5.32 Å². The first kappa shape index (κ1) is 15.8. The molecule has 0 spiro atoms. The average Bonchev–Trinajstić information content (AvgIpc) is 2.55. The smallest absolute Gasteiger partial charge is 0.329 e.